The number of hydrogen-bond donors (Lipinski definition) is 1. The van der Waals surface area contributed by atoms with Crippen LogP contribution in [0, 0.1) is 11.8 Å². The SMILES string of the molecule is CCCN(CC1CC1)C1(CN)CC(C)C1. The molecular weight excluding hydrogens is 184 g/mol. The van der Waals surface area contributed by atoms with E-state index in [0.717, 1.165) is 18.4 Å². The average Bonchev–Trinajstić information content (AvgIpc) is 2.96. The lowest BCUT2D eigenvalue weighted by Crippen LogP contribution is -2.61. The van der Waals surface area contributed by atoms with Crippen LogP contribution in [0.25, 0.3) is 0 Å². The predicted octanol–water partition coefficient (Wildman–Crippen LogP) is 2.24. The molecule has 2 fully saturated rings. The van der Waals surface area contributed by atoms with E-state index in [0.29, 0.717) is 5.54 Å². The van der Waals surface area contributed by atoms with Crippen molar-refractivity contribution in [3.8, 4) is 0 Å². The van der Waals surface area contributed by atoms with Gasteiger partial charge in [0, 0.05) is 18.6 Å². The number of rotatable bonds is 6. The second-order valence-corrected chi connectivity index (χ2v) is 5.83. The molecule has 2 aliphatic carbocycles. The summed E-state index contributed by atoms with van der Waals surface area (Å²) in [6, 6.07) is 0. The minimum absolute atomic E-state index is 0.387. The molecule has 15 heavy (non-hydrogen) atoms. The molecule has 0 aromatic heterocycles. The molecule has 88 valence electrons. The second kappa shape index (κ2) is 4.42. The molecular formula is C13H26N2. The highest BCUT2D eigenvalue weighted by molar-refractivity contribution is 5.03. The first-order chi connectivity index (χ1) is 7.20. The van der Waals surface area contributed by atoms with Crippen molar-refractivity contribution >= 4 is 0 Å². The molecule has 2 rings (SSSR count). The standard InChI is InChI=1S/C13H26N2/c1-3-6-15(9-12-4-5-12)13(10-14)7-11(2)8-13/h11-12H,3-10,14H2,1-2H3. The van der Waals surface area contributed by atoms with Gasteiger partial charge < -0.3 is 5.73 Å². The van der Waals surface area contributed by atoms with Gasteiger partial charge in [-0.1, -0.05) is 13.8 Å². The fraction of sp³-hybridized carbons (Fsp3) is 1.00. The molecule has 2 heteroatoms. The zero-order chi connectivity index (χ0) is 10.9. The molecule has 0 aromatic rings. The summed E-state index contributed by atoms with van der Waals surface area (Å²) >= 11 is 0. The molecule has 0 bridgehead atoms. The van der Waals surface area contributed by atoms with Gasteiger partial charge in [-0.15, -0.1) is 0 Å². The topological polar surface area (TPSA) is 29.3 Å². The van der Waals surface area contributed by atoms with Crippen LogP contribution in [-0.2, 0) is 0 Å². The van der Waals surface area contributed by atoms with E-state index in [4.69, 9.17) is 5.73 Å². The van der Waals surface area contributed by atoms with E-state index in [2.05, 4.69) is 18.7 Å². The Labute approximate surface area is 94.2 Å². The minimum Gasteiger partial charge on any atom is -0.329 e. The highest BCUT2D eigenvalue weighted by atomic mass is 15.2. The Morgan fingerprint density at radius 2 is 2.00 bits per heavy atom. The molecule has 0 aromatic carbocycles. The predicted molar refractivity (Wildman–Crippen MR) is 64.8 cm³/mol. The fourth-order valence-corrected chi connectivity index (χ4v) is 3.20. The second-order valence-electron chi connectivity index (χ2n) is 5.83. The molecule has 0 radical (unpaired) electrons. The Morgan fingerprint density at radius 3 is 2.40 bits per heavy atom. The molecule has 2 aliphatic rings. The summed E-state index contributed by atoms with van der Waals surface area (Å²) in [4.78, 5) is 2.71. The summed E-state index contributed by atoms with van der Waals surface area (Å²) in [6.45, 7) is 8.07. The van der Waals surface area contributed by atoms with Crippen LogP contribution in [0.1, 0.15) is 46.0 Å². The van der Waals surface area contributed by atoms with Crippen LogP contribution in [0.3, 0.4) is 0 Å². The van der Waals surface area contributed by atoms with Crippen LogP contribution in [0.5, 0.6) is 0 Å². The fourth-order valence-electron chi connectivity index (χ4n) is 3.20. The Bertz CT molecular complexity index is 205. The van der Waals surface area contributed by atoms with Gasteiger partial charge in [0.1, 0.15) is 0 Å². The molecule has 0 atom stereocenters. The first-order valence-electron chi connectivity index (χ1n) is 6.65. The number of hydrogen-bond acceptors (Lipinski definition) is 2. The minimum atomic E-state index is 0.387. The van der Waals surface area contributed by atoms with Crippen LogP contribution in [0.2, 0.25) is 0 Å². The average molecular weight is 210 g/mol. The van der Waals surface area contributed by atoms with Crippen molar-refractivity contribution < 1.29 is 0 Å². The van der Waals surface area contributed by atoms with Gasteiger partial charge in [0.25, 0.3) is 0 Å². The lowest BCUT2D eigenvalue weighted by atomic mass is 9.68. The molecule has 2 nitrogen and oxygen atoms in total. The molecule has 0 aliphatic heterocycles. The van der Waals surface area contributed by atoms with Gasteiger partial charge in [0.15, 0.2) is 0 Å². The Balaban J connectivity index is 1.94. The van der Waals surface area contributed by atoms with Crippen molar-refractivity contribution in [1.82, 2.24) is 4.90 Å². The van der Waals surface area contributed by atoms with Crippen LogP contribution >= 0.6 is 0 Å². The molecule has 2 saturated carbocycles. The molecule has 0 heterocycles. The number of nitrogens with two attached hydrogens (primary N) is 1. The maximum atomic E-state index is 6.02. The smallest absolute Gasteiger partial charge is 0.0336 e. The Hall–Kier alpha value is -0.0800. The van der Waals surface area contributed by atoms with Crippen LogP contribution < -0.4 is 5.73 Å². The van der Waals surface area contributed by atoms with E-state index < -0.39 is 0 Å². The summed E-state index contributed by atoms with van der Waals surface area (Å²) < 4.78 is 0. The lowest BCUT2D eigenvalue weighted by Gasteiger charge is -2.53. The van der Waals surface area contributed by atoms with Gasteiger partial charge in [-0.2, -0.15) is 0 Å². The molecule has 2 N–H and O–H groups in total. The van der Waals surface area contributed by atoms with Crippen molar-refractivity contribution in [3.63, 3.8) is 0 Å². The van der Waals surface area contributed by atoms with E-state index in [1.165, 1.54) is 45.2 Å². The first-order valence-corrected chi connectivity index (χ1v) is 6.65. The monoisotopic (exact) mass is 210 g/mol. The highest BCUT2D eigenvalue weighted by Crippen LogP contribution is 2.43. The molecule has 0 spiro atoms. The van der Waals surface area contributed by atoms with Crippen molar-refractivity contribution in [3.05, 3.63) is 0 Å². The lowest BCUT2D eigenvalue weighted by molar-refractivity contribution is -0.0158. The maximum Gasteiger partial charge on any atom is 0.0336 e. The van der Waals surface area contributed by atoms with E-state index >= 15 is 0 Å². The van der Waals surface area contributed by atoms with E-state index in [1.807, 2.05) is 0 Å². The number of nitrogens with zero attached hydrogens (tertiary/aromatic N) is 1. The molecule has 0 amide bonds. The van der Waals surface area contributed by atoms with Gasteiger partial charge in [-0.25, -0.2) is 0 Å². The van der Waals surface area contributed by atoms with E-state index in [-0.39, 0.29) is 0 Å². The third-order valence-corrected chi connectivity index (χ3v) is 4.18. The van der Waals surface area contributed by atoms with Crippen LogP contribution in [-0.4, -0.2) is 30.1 Å². The van der Waals surface area contributed by atoms with Crippen LogP contribution in [0.15, 0.2) is 0 Å². The third-order valence-electron chi connectivity index (χ3n) is 4.18. The highest BCUT2D eigenvalue weighted by Gasteiger charge is 2.46. The summed E-state index contributed by atoms with van der Waals surface area (Å²) in [5, 5.41) is 0. The quantitative estimate of drug-likeness (QED) is 0.728. The first kappa shape index (κ1) is 11.4. The van der Waals surface area contributed by atoms with Crippen molar-refractivity contribution in [2.45, 2.75) is 51.5 Å². The summed E-state index contributed by atoms with van der Waals surface area (Å²) in [5.41, 5.74) is 6.40. The van der Waals surface area contributed by atoms with Gasteiger partial charge in [0.05, 0.1) is 0 Å². The van der Waals surface area contributed by atoms with Crippen LogP contribution in [0.4, 0.5) is 0 Å². The van der Waals surface area contributed by atoms with Gasteiger partial charge in [0.2, 0.25) is 0 Å². The third kappa shape index (κ3) is 2.36. The van der Waals surface area contributed by atoms with Crippen molar-refractivity contribution in [1.29, 1.82) is 0 Å². The normalized spacial score (nSPS) is 35.6. The van der Waals surface area contributed by atoms with Crippen molar-refractivity contribution in [2.24, 2.45) is 17.6 Å². The summed E-state index contributed by atoms with van der Waals surface area (Å²) in [7, 11) is 0. The van der Waals surface area contributed by atoms with Crippen molar-refractivity contribution in [2.75, 3.05) is 19.6 Å². The maximum absolute atomic E-state index is 6.02. The molecule has 0 saturated heterocycles. The Morgan fingerprint density at radius 1 is 1.33 bits per heavy atom. The molecule has 0 unspecified atom stereocenters. The zero-order valence-electron chi connectivity index (χ0n) is 10.3. The largest absolute Gasteiger partial charge is 0.329 e. The summed E-state index contributed by atoms with van der Waals surface area (Å²) in [6.07, 6.45) is 6.84. The van der Waals surface area contributed by atoms with E-state index in [1.54, 1.807) is 0 Å². The van der Waals surface area contributed by atoms with E-state index in [9.17, 15) is 0 Å². The Kier molecular flexibility index (Phi) is 3.36. The van der Waals surface area contributed by atoms with Gasteiger partial charge in [-0.05, 0) is 50.5 Å². The summed E-state index contributed by atoms with van der Waals surface area (Å²) in [5.74, 6) is 1.89. The zero-order valence-corrected chi connectivity index (χ0v) is 10.3. The van der Waals surface area contributed by atoms with Gasteiger partial charge >= 0.3 is 0 Å². The van der Waals surface area contributed by atoms with Gasteiger partial charge in [-0.3, -0.25) is 4.90 Å².